The Hall–Kier alpha value is -3.56. The van der Waals surface area contributed by atoms with Crippen LogP contribution in [0.5, 0.6) is 11.5 Å². The Morgan fingerprint density at radius 3 is 2.59 bits per heavy atom. The maximum absolute atomic E-state index is 12.7. The molecule has 1 heterocycles. The van der Waals surface area contributed by atoms with Crippen molar-refractivity contribution in [2.24, 2.45) is 0 Å². The predicted octanol–water partition coefficient (Wildman–Crippen LogP) is 3.46. The van der Waals surface area contributed by atoms with E-state index in [2.05, 4.69) is 15.5 Å². The molecule has 10 heteroatoms. The minimum absolute atomic E-state index is 0.0477. The van der Waals surface area contributed by atoms with Gasteiger partial charge in [-0.15, -0.1) is 0 Å². The van der Waals surface area contributed by atoms with E-state index in [9.17, 15) is 18.0 Å². The molecule has 0 aliphatic rings. The fourth-order valence-corrected chi connectivity index (χ4v) is 2.32. The molecule has 0 saturated carbocycles. The number of amides is 1. The predicted molar refractivity (Wildman–Crippen MR) is 95.1 cm³/mol. The van der Waals surface area contributed by atoms with Gasteiger partial charge in [-0.1, -0.05) is 11.2 Å². The van der Waals surface area contributed by atoms with Crippen molar-refractivity contribution in [3.05, 3.63) is 60.0 Å². The smallest absolute Gasteiger partial charge is 0.416 e. The maximum atomic E-state index is 12.7. The molecule has 0 aliphatic carbocycles. The van der Waals surface area contributed by atoms with Gasteiger partial charge in [0.2, 0.25) is 11.7 Å². The molecule has 0 unspecified atom stereocenters. The summed E-state index contributed by atoms with van der Waals surface area (Å²) in [6.07, 6.45) is -4.48. The molecule has 0 atom stereocenters. The van der Waals surface area contributed by atoms with Gasteiger partial charge >= 0.3 is 6.18 Å². The largest absolute Gasteiger partial charge is 0.497 e. The van der Waals surface area contributed by atoms with Crippen LogP contribution in [0.1, 0.15) is 11.5 Å². The SMILES string of the molecule is COc1ccc(-c2noc(CNC(=O)COc3cccc(C(F)(F)F)c3)n2)cc1. The molecule has 0 saturated heterocycles. The van der Waals surface area contributed by atoms with Crippen molar-refractivity contribution in [2.75, 3.05) is 13.7 Å². The summed E-state index contributed by atoms with van der Waals surface area (Å²) < 4.78 is 53.3. The molecular formula is C19H16F3N3O4. The molecule has 1 N–H and O–H groups in total. The molecule has 0 fully saturated rings. The third-order valence-corrected chi connectivity index (χ3v) is 3.78. The molecule has 0 aliphatic heterocycles. The first kappa shape index (κ1) is 20.2. The number of rotatable bonds is 7. The molecule has 3 rings (SSSR count). The van der Waals surface area contributed by atoms with Crippen LogP contribution in [0.25, 0.3) is 11.4 Å². The second kappa shape index (κ2) is 8.63. The zero-order valence-corrected chi connectivity index (χ0v) is 15.2. The van der Waals surface area contributed by atoms with Crippen molar-refractivity contribution >= 4 is 5.91 Å². The normalized spacial score (nSPS) is 11.2. The van der Waals surface area contributed by atoms with Crippen LogP contribution in [0.4, 0.5) is 13.2 Å². The molecule has 1 aromatic heterocycles. The van der Waals surface area contributed by atoms with Crippen LogP contribution in [0.2, 0.25) is 0 Å². The Morgan fingerprint density at radius 1 is 1.14 bits per heavy atom. The molecule has 3 aromatic rings. The van der Waals surface area contributed by atoms with Gasteiger partial charge in [-0.25, -0.2) is 0 Å². The Bertz CT molecular complexity index is 971. The second-order valence-corrected chi connectivity index (χ2v) is 5.83. The molecule has 29 heavy (non-hydrogen) atoms. The summed E-state index contributed by atoms with van der Waals surface area (Å²) in [5, 5.41) is 6.32. The quantitative estimate of drug-likeness (QED) is 0.646. The van der Waals surface area contributed by atoms with Crippen molar-refractivity contribution in [2.45, 2.75) is 12.7 Å². The van der Waals surface area contributed by atoms with Crippen LogP contribution in [0.15, 0.2) is 53.1 Å². The number of alkyl halides is 3. The van der Waals surface area contributed by atoms with Gasteiger partial charge in [0, 0.05) is 5.56 Å². The number of carbonyl (C=O) groups is 1. The van der Waals surface area contributed by atoms with E-state index in [1.54, 1.807) is 31.4 Å². The number of nitrogens with one attached hydrogen (secondary N) is 1. The van der Waals surface area contributed by atoms with Gasteiger partial charge in [-0.3, -0.25) is 4.79 Å². The Morgan fingerprint density at radius 2 is 1.90 bits per heavy atom. The Labute approximate surface area is 163 Å². The Kier molecular flexibility index (Phi) is 6.01. The number of carbonyl (C=O) groups excluding carboxylic acids is 1. The van der Waals surface area contributed by atoms with Crippen LogP contribution >= 0.6 is 0 Å². The van der Waals surface area contributed by atoms with E-state index >= 15 is 0 Å². The maximum Gasteiger partial charge on any atom is 0.416 e. The van der Waals surface area contributed by atoms with Crippen LogP contribution in [-0.4, -0.2) is 29.8 Å². The highest BCUT2D eigenvalue weighted by molar-refractivity contribution is 5.77. The lowest BCUT2D eigenvalue weighted by Crippen LogP contribution is -2.28. The van der Waals surface area contributed by atoms with Crippen molar-refractivity contribution in [3.8, 4) is 22.9 Å². The first-order valence-corrected chi connectivity index (χ1v) is 8.39. The van der Waals surface area contributed by atoms with E-state index in [1.165, 1.54) is 12.1 Å². The van der Waals surface area contributed by atoms with Gasteiger partial charge in [-0.05, 0) is 42.5 Å². The molecule has 2 aromatic carbocycles. The lowest BCUT2D eigenvalue weighted by Gasteiger charge is -2.10. The zero-order chi connectivity index (χ0) is 20.9. The lowest BCUT2D eigenvalue weighted by molar-refractivity contribution is -0.137. The number of benzene rings is 2. The average molecular weight is 407 g/mol. The van der Waals surface area contributed by atoms with Gasteiger partial charge < -0.3 is 19.3 Å². The minimum Gasteiger partial charge on any atom is -0.497 e. The number of methoxy groups -OCH3 is 1. The number of aromatic nitrogens is 2. The van der Waals surface area contributed by atoms with E-state index in [1.807, 2.05) is 0 Å². The summed E-state index contributed by atoms with van der Waals surface area (Å²) in [5.74, 6) is 0.590. The summed E-state index contributed by atoms with van der Waals surface area (Å²) in [4.78, 5) is 16.0. The molecule has 0 bridgehead atoms. The number of hydrogen-bond donors (Lipinski definition) is 1. The van der Waals surface area contributed by atoms with E-state index in [4.69, 9.17) is 14.0 Å². The van der Waals surface area contributed by atoms with Gasteiger partial charge in [0.15, 0.2) is 6.61 Å². The van der Waals surface area contributed by atoms with Crippen molar-refractivity contribution in [3.63, 3.8) is 0 Å². The third-order valence-electron chi connectivity index (χ3n) is 3.78. The number of halogens is 3. The zero-order valence-electron chi connectivity index (χ0n) is 15.2. The minimum atomic E-state index is -4.48. The number of ether oxygens (including phenoxy) is 2. The first-order chi connectivity index (χ1) is 13.8. The van der Waals surface area contributed by atoms with Gasteiger partial charge in [-0.2, -0.15) is 18.2 Å². The summed E-state index contributed by atoms with van der Waals surface area (Å²) in [5.41, 5.74) is -0.146. The highest BCUT2D eigenvalue weighted by Crippen LogP contribution is 2.31. The summed E-state index contributed by atoms with van der Waals surface area (Å²) in [7, 11) is 1.56. The van der Waals surface area contributed by atoms with Crippen LogP contribution in [-0.2, 0) is 17.5 Å². The molecule has 152 valence electrons. The molecule has 0 radical (unpaired) electrons. The van der Waals surface area contributed by atoms with Crippen molar-refractivity contribution < 1.29 is 32.0 Å². The van der Waals surface area contributed by atoms with Gasteiger partial charge in [0.05, 0.1) is 19.2 Å². The van der Waals surface area contributed by atoms with E-state index in [0.29, 0.717) is 17.1 Å². The van der Waals surface area contributed by atoms with Gasteiger partial charge in [0.25, 0.3) is 5.91 Å². The topological polar surface area (TPSA) is 86.5 Å². The molecule has 0 spiro atoms. The standard InChI is InChI=1S/C19H16F3N3O4/c1-27-14-7-5-12(6-8-14)18-24-17(29-25-18)10-23-16(26)11-28-15-4-2-3-13(9-15)19(20,21)22/h2-9H,10-11H2,1H3,(H,23,26). The number of nitrogens with zero attached hydrogens (tertiary/aromatic N) is 2. The fourth-order valence-electron chi connectivity index (χ4n) is 2.32. The van der Waals surface area contributed by atoms with Crippen LogP contribution < -0.4 is 14.8 Å². The lowest BCUT2D eigenvalue weighted by atomic mass is 10.2. The Balaban J connectivity index is 1.50. The van der Waals surface area contributed by atoms with Crippen LogP contribution in [0.3, 0.4) is 0 Å². The van der Waals surface area contributed by atoms with E-state index in [-0.39, 0.29) is 18.2 Å². The summed E-state index contributed by atoms with van der Waals surface area (Å²) >= 11 is 0. The van der Waals surface area contributed by atoms with E-state index < -0.39 is 24.3 Å². The summed E-state index contributed by atoms with van der Waals surface area (Å²) in [6.45, 7) is -0.505. The first-order valence-electron chi connectivity index (χ1n) is 8.39. The highest BCUT2D eigenvalue weighted by Gasteiger charge is 2.30. The fraction of sp³-hybridized carbons (Fsp3) is 0.211. The number of hydrogen-bond acceptors (Lipinski definition) is 6. The van der Waals surface area contributed by atoms with E-state index in [0.717, 1.165) is 12.1 Å². The third kappa shape index (κ3) is 5.47. The molecule has 1 amide bonds. The monoisotopic (exact) mass is 407 g/mol. The second-order valence-electron chi connectivity index (χ2n) is 5.83. The highest BCUT2D eigenvalue weighted by atomic mass is 19.4. The van der Waals surface area contributed by atoms with Crippen molar-refractivity contribution in [1.29, 1.82) is 0 Å². The average Bonchev–Trinajstić information content (AvgIpc) is 3.19. The molecule has 7 nitrogen and oxygen atoms in total. The summed E-state index contributed by atoms with van der Waals surface area (Å²) in [6, 6.07) is 11.3. The van der Waals surface area contributed by atoms with Gasteiger partial charge in [0.1, 0.15) is 11.5 Å². The van der Waals surface area contributed by atoms with Crippen molar-refractivity contribution in [1.82, 2.24) is 15.5 Å². The molecular weight excluding hydrogens is 391 g/mol. The van der Waals surface area contributed by atoms with Crippen LogP contribution in [0, 0.1) is 0 Å².